The van der Waals surface area contributed by atoms with E-state index in [2.05, 4.69) is 5.32 Å². The number of ether oxygens (including phenoxy) is 1. The summed E-state index contributed by atoms with van der Waals surface area (Å²) in [5.41, 5.74) is 0.282. The Morgan fingerprint density at radius 2 is 1.82 bits per heavy atom. The van der Waals surface area contributed by atoms with E-state index in [0.717, 1.165) is 5.56 Å². The van der Waals surface area contributed by atoms with Crippen molar-refractivity contribution in [3.63, 3.8) is 0 Å². The smallest absolute Gasteiger partial charge is 0.407 e. The van der Waals surface area contributed by atoms with Crippen molar-refractivity contribution in [2.75, 3.05) is 0 Å². The molecule has 0 saturated carbocycles. The maximum Gasteiger partial charge on any atom is 0.407 e. The maximum atomic E-state index is 11.8. The fraction of sp³-hybridized carbons (Fsp3) is 0.500. The maximum absolute atomic E-state index is 11.8. The van der Waals surface area contributed by atoms with Crippen LogP contribution >= 0.6 is 0 Å². The number of benzene rings is 1. The van der Waals surface area contributed by atoms with Crippen molar-refractivity contribution in [3.8, 4) is 5.75 Å². The van der Waals surface area contributed by atoms with E-state index in [4.69, 9.17) is 9.84 Å². The summed E-state index contributed by atoms with van der Waals surface area (Å²) in [4.78, 5) is 22.6. The van der Waals surface area contributed by atoms with Crippen molar-refractivity contribution in [2.24, 2.45) is 0 Å². The fourth-order valence-corrected chi connectivity index (χ4v) is 1.91. The van der Waals surface area contributed by atoms with Crippen LogP contribution in [0, 0.1) is 0 Å². The van der Waals surface area contributed by atoms with Crippen molar-refractivity contribution in [3.05, 3.63) is 29.8 Å². The molecule has 0 heterocycles. The van der Waals surface area contributed by atoms with Gasteiger partial charge in [-0.1, -0.05) is 12.1 Å². The molecule has 0 aliphatic carbocycles. The number of amides is 1. The molecule has 1 rings (SSSR count). The minimum Gasteiger partial charge on any atom is -0.508 e. The van der Waals surface area contributed by atoms with Gasteiger partial charge < -0.3 is 20.3 Å². The number of phenols is 1. The number of rotatable bonds is 6. The number of hydrogen-bond acceptors (Lipinski definition) is 4. The summed E-state index contributed by atoms with van der Waals surface area (Å²) in [7, 11) is 0. The molecule has 1 atom stereocenters. The monoisotopic (exact) mass is 309 g/mol. The molecule has 122 valence electrons. The highest BCUT2D eigenvalue weighted by Gasteiger charge is 2.20. The summed E-state index contributed by atoms with van der Waals surface area (Å²) in [5.74, 6) is -0.757. The van der Waals surface area contributed by atoms with E-state index < -0.39 is 17.7 Å². The molecule has 0 aliphatic heterocycles. The number of carboxylic acids is 1. The third-order valence-electron chi connectivity index (χ3n) is 2.85. The van der Waals surface area contributed by atoms with Crippen LogP contribution in [0.1, 0.15) is 39.2 Å². The lowest BCUT2D eigenvalue weighted by Crippen LogP contribution is -2.40. The molecule has 0 radical (unpaired) electrons. The van der Waals surface area contributed by atoms with Crippen molar-refractivity contribution >= 4 is 12.1 Å². The molecule has 0 unspecified atom stereocenters. The lowest BCUT2D eigenvalue weighted by Gasteiger charge is -2.23. The van der Waals surface area contributed by atoms with Gasteiger partial charge in [0, 0.05) is 12.5 Å². The lowest BCUT2D eigenvalue weighted by molar-refractivity contribution is -0.137. The molecule has 22 heavy (non-hydrogen) atoms. The van der Waals surface area contributed by atoms with Crippen LogP contribution in [-0.2, 0) is 16.0 Å². The number of carboxylic acid groups (broad SMARTS) is 1. The second-order valence-corrected chi connectivity index (χ2v) is 6.15. The molecule has 0 fully saturated rings. The number of carbonyl (C=O) groups is 2. The number of phenolic OH excluding ortho intramolecular Hbond substituents is 1. The van der Waals surface area contributed by atoms with Crippen molar-refractivity contribution in [2.45, 2.75) is 51.7 Å². The molecule has 0 spiro atoms. The lowest BCUT2D eigenvalue weighted by atomic mass is 10.0. The molecule has 6 nitrogen and oxygen atoms in total. The minimum absolute atomic E-state index is 0.0431. The van der Waals surface area contributed by atoms with Gasteiger partial charge in [0.05, 0.1) is 0 Å². The average Bonchev–Trinajstić information content (AvgIpc) is 2.36. The van der Waals surface area contributed by atoms with Crippen molar-refractivity contribution in [1.29, 1.82) is 0 Å². The SMILES string of the molecule is CC(C)(C)OC(=O)N[C@H](CCC(=O)O)Cc1ccc(O)cc1. The average molecular weight is 309 g/mol. The van der Waals surface area contributed by atoms with Crippen molar-refractivity contribution in [1.82, 2.24) is 5.32 Å². The zero-order valence-electron chi connectivity index (χ0n) is 13.1. The second kappa shape index (κ2) is 7.68. The van der Waals surface area contributed by atoms with Crippen LogP contribution in [0.25, 0.3) is 0 Å². The number of hydrogen-bond donors (Lipinski definition) is 3. The molecule has 1 amide bonds. The van der Waals surface area contributed by atoms with Gasteiger partial charge in [0.25, 0.3) is 0 Å². The molecular formula is C16H23NO5. The predicted octanol–water partition coefficient (Wildman–Crippen LogP) is 2.69. The topological polar surface area (TPSA) is 95.9 Å². The number of aromatic hydroxyl groups is 1. The van der Waals surface area contributed by atoms with Crippen LogP contribution in [0.5, 0.6) is 5.75 Å². The summed E-state index contributed by atoms with van der Waals surface area (Å²) in [6.07, 6.45) is 0.155. The van der Waals surface area contributed by atoms with Gasteiger partial charge in [0.1, 0.15) is 11.4 Å². The molecule has 1 aromatic carbocycles. The van der Waals surface area contributed by atoms with E-state index in [1.807, 2.05) is 0 Å². The second-order valence-electron chi connectivity index (χ2n) is 6.15. The van der Waals surface area contributed by atoms with Crippen molar-refractivity contribution < 1.29 is 24.5 Å². The number of alkyl carbamates (subject to hydrolysis) is 1. The first-order chi connectivity index (χ1) is 10.2. The van der Waals surface area contributed by atoms with Crippen LogP contribution < -0.4 is 5.32 Å². The Kier molecular flexibility index (Phi) is 6.22. The predicted molar refractivity (Wildman–Crippen MR) is 81.8 cm³/mol. The number of carbonyl (C=O) groups excluding carboxylic acids is 1. The van der Waals surface area contributed by atoms with E-state index in [1.54, 1.807) is 45.0 Å². The highest BCUT2D eigenvalue weighted by Crippen LogP contribution is 2.14. The van der Waals surface area contributed by atoms with Crippen LogP contribution in [-0.4, -0.2) is 33.9 Å². The van der Waals surface area contributed by atoms with Crippen LogP contribution in [0.2, 0.25) is 0 Å². The Morgan fingerprint density at radius 3 is 2.32 bits per heavy atom. The molecule has 6 heteroatoms. The molecule has 0 saturated heterocycles. The molecule has 0 aromatic heterocycles. The Bertz CT molecular complexity index is 504. The Balaban J connectivity index is 2.68. The van der Waals surface area contributed by atoms with Gasteiger partial charge >= 0.3 is 12.1 Å². The van der Waals surface area contributed by atoms with Gasteiger partial charge in [-0.15, -0.1) is 0 Å². The zero-order valence-corrected chi connectivity index (χ0v) is 13.1. The minimum atomic E-state index is -0.915. The first kappa shape index (κ1) is 17.8. The molecular weight excluding hydrogens is 286 g/mol. The summed E-state index contributed by atoms with van der Waals surface area (Å²) in [6.45, 7) is 5.29. The van der Waals surface area contributed by atoms with Gasteiger partial charge in [0.2, 0.25) is 0 Å². The Hall–Kier alpha value is -2.24. The third kappa shape index (κ3) is 7.52. The third-order valence-corrected chi connectivity index (χ3v) is 2.85. The van der Waals surface area contributed by atoms with Crippen LogP contribution in [0.15, 0.2) is 24.3 Å². The Morgan fingerprint density at radius 1 is 1.23 bits per heavy atom. The number of nitrogens with one attached hydrogen (secondary N) is 1. The first-order valence-electron chi connectivity index (χ1n) is 7.15. The van der Waals surface area contributed by atoms with Gasteiger partial charge in [-0.25, -0.2) is 4.79 Å². The van der Waals surface area contributed by atoms with Gasteiger partial charge in [-0.3, -0.25) is 4.79 Å². The summed E-state index contributed by atoms with van der Waals surface area (Å²) in [5, 5.41) is 20.8. The van der Waals surface area contributed by atoms with E-state index in [1.165, 1.54) is 0 Å². The van der Waals surface area contributed by atoms with E-state index >= 15 is 0 Å². The molecule has 1 aromatic rings. The van der Waals surface area contributed by atoms with E-state index in [-0.39, 0.29) is 18.2 Å². The quantitative estimate of drug-likeness (QED) is 0.751. The molecule has 3 N–H and O–H groups in total. The highest BCUT2D eigenvalue weighted by molar-refractivity contribution is 5.69. The summed E-state index contributed by atoms with van der Waals surface area (Å²) < 4.78 is 5.19. The van der Waals surface area contributed by atoms with Crippen LogP contribution in [0.4, 0.5) is 4.79 Å². The highest BCUT2D eigenvalue weighted by atomic mass is 16.6. The fourth-order valence-electron chi connectivity index (χ4n) is 1.91. The number of aliphatic carboxylic acids is 1. The summed E-state index contributed by atoms with van der Waals surface area (Å²) >= 11 is 0. The normalized spacial score (nSPS) is 12.5. The van der Waals surface area contributed by atoms with E-state index in [0.29, 0.717) is 12.8 Å². The van der Waals surface area contributed by atoms with Gasteiger partial charge in [-0.05, 0) is 51.3 Å². The molecule has 0 bridgehead atoms. The van der Waals surface area contributed by atoms with Gasteiger partial charge in [-0.2, -0.15) is 0 Å². The standard InChI is InChI=1S/C16H23NO5/c1-16(2,3)22-15(21)17-12(6-9-14(19)20)10-11-4-7-13(18)8-5-11/h4-5,7-8,12,18H,6,9-10H2,1-3H3,(H,17,21)(H,19,20)/t12-/m1/s1. The largest absolute Gasteiger partial charge is 0.508 e. The van der Waals surface area contributed by atoms with Gasteiger partial charge in [0.15, 0.2) is 0 Å². The summed E-state index contributed by atoms with van der Waals surface area (Å²) in [6, 6.07) is 6.23. The first-order valence-corrected chi connectivity index (χ1v) is 7.15. The Labute approximate surface area is 130 Å². The van der Waals surface area contributed by atoms with E-state index in [9.17, 15) is 14.7 Å². The zero-order chi connectivity index (χ0) is 16.8. The van der Waals surface area contributed by atoms with Crippen LogP contribution in [0.3, 0.4) is 0 Å². The molecule has 0 aliphatic rings.